The van der Waals surface area contributed by atoms with Crippen molar-refractivity contribution in [1.29, 1.82) is 5.26 Å². The minimum Gasteiger partial charge on any atom is -0.370 e. The van der Waals surface area contributed by atoms with Crippen molar-refractivity contribution >= 4 is 5.69 Å². The molecule has 1 fully saturated rings. The summed E-state index contributed by atoms with van der Waals surface area (Å²) in [5.74, 6) is 0.523. The van der Waals surface area contributed by atoms with Gasteiger partial charge in [-0.25, -0.2) is 0 Å². The fraction of sp³-hybridized carbons (Fsp3) is 0.533. The second-order valence-electron chi connectivity index (χ2n) is 5.02. The molecular weight excluding hydrogens is 208 g/mol. The minimum atomic E-state index is -0.0296. The van der Waals surface area contributed by atoms with Crippen molar-refractivity contribution in [1.82, 2.24) is 0 Å². The Morgan fingerprint density at radius 3 is 2.41 bits per heavy atom. The molecule has 1 aromatic rings. The molecule has 2 nitrogen and oxygen atoms in total. The first kappa shape index (κ1) is 12.0. The van der Waals surface area contributed by atoms with Gasteiger partial charge in [0, 0.05) is 5.69 Å². The highest BCUT2D eigenvalue weighted by molar-refractivity contribution is 5.46. The Morgan fingerprint density at radius 1 is 1.18 bits per heavy atom. The van der Waals surface area contributed by atoms with Crippen molar-refractivity contribution < 1.29 is 0 Å². The van der Waals surface area contributed by atoms with Crippen molar-refractivity contribution in [3.05, 3.63) is 29.8 Å². The van der Waals surface area contributed by atoms with Gasteiger partial charge in [0.15, 0.2) is 0 Å². The van der Waals surface area contributed by atoms with E-state index in [1.165, 1.54) is 37.7 Å². The van der Waals surface area contributed by atoms with Crippen LogP contribution >= 0.6 is 0 Å². The average molecular weight is 228 g/mol. The fourth-order valence-electron chi connectivity index (χ4n) is 2.55. The summed E-state index contributed by atoms with van der Waals surface area (Å²) in [6.07, 6.45) is 6.27. The largest absolute Gasteiger partial charge is 0.370 e. The number of nitrogens with one attached hydrogen (secondary N) is 1. The number of aryl methyl sites for hydroxylation is 1. The Bertz CT molecular complexity index is 382. The topological polar surface area (TPSA) is 35.8 Å². The molecule has 0 aliphatic heterocycles. The summed E-state index contributed by atoms with van der Waals surface area (Å²) in [7, 11) is 0. The summed E-state index contributed by atoms with van der Waals surface area (Å²) in [5.41, 5.74) is 2.31. The number of nitriles is 1. The molecule has 0 spiro atoms. The number of rotatable bonds is 3. The van der Waals surface area contributed by atoms with Crippen LogP contribution in [0.5, 0.6) is 0 Å². The summed E-state index contributed by atoms with van der Waals surface area (Å²) in [6, 6.07) is 10.7. The van der Waals surface area contributed by atoms with Crippen LogP contribution in [0.25, 0.3) is 0 Å². The molecule has 0 radical (unpaired) electrons. The van der Waals surface area contributed by atoms with E-state index in [-0.39, 0.29) is 6.04 Å². The molecule has 1 aliphatic rings. The first-order valence-corrected chi connectivity index (χ1v) is 6.52. The second-order valence-corrected chi connectivity index (χ2v) is 5.02. The van der Waals surface area contributed by atoms with Crippen molar-refractivity contribution in [2.45, 2.75) is 45.1 Å². The molecule has 90 valence electrons. The van der Waals surface area contributed by atoms with E-state index < -0.39 is 0 Å². The van der Waals surface area contributed by atoms with Gasteiger partial charge in [-0.1, -0.05) is 37.0 Å². The van der Waals surface area contributed by atoms with Crippen LogP contribution in [0.1, 0.15) is 37.7 Å². The Kier molecular flexibility index (Phi) is 4.03. The third-order valence-corrected chi connectivity index (χ3v) is 3.63. The van der Waals surface area contributed by atoms with Crippen molar-refractivity contribution in [2.24, 2.45) is 5.92 Å². The van der Waals surface area contributed by atoms with Crippen molar-refractivity contribution in [3.63, 3.8) is 0 Å². The van der Waals surface area contributed by atoms with Crippen LogP contribution in [0.15, 0.2) is 24.3 Å². The Labute approximate surface area is 104 Å². The standard InChI is InChI=1S/C15H20N2/c1-12-7-9-14(10-8-12)17-15(11-16)13-5-3-2-4-6-13/h7-10,13,15,17H,2-6H2,1H3. The summed E-state index contributed by atoms with van der Waals surface area (Å²) in [4.78, 5) is 0. The van der Waals surface area contributed by atoms with Gasteiger partial charge in [-0.3, -0.25) is 0 Å². The van der Waals surface area contributed by atoms with Crippen LogP contribution in [0, 0.1) is 24.2 Å². The lowest BCUT2D eigenvalue weighted by Crippen LogP contribution is -2.29. The number of benzene rings is 1. The maximum atomic E-state index is 9.28. The molecule has 2 rings (SSSR count). The molecule has 0 amide bonds. The highest BCUT2D eigenvalue weighted by Crippen LogP contribution is 2.28. The molecule has 17 heavy (non-hydrogen) atoms. The van der Waals surface area contributed by atoms with Gasteiger partial charge in [0.2, 0.25) is 0 Å². The molecule has 0 bridgehead atoms. The molecule has 1 unspecified atom stereocenters. The smallest absolute Gasteiger partial charge is 0.117 e. The van der Waals surface area contributed by atoms with Gasteiger partial charge in [-0.15, -0.1) is 0 Å². The molecule has 1 aliphatic carbocycles. The molecule has 0 saturated heterocycles. The number of nitrogens with zero attached hydrogens (tertiary/aromatic N) is 1. The molecule has 1 N–H and O–H groups in total. The third kappa shape index (κ3) is 3.23. The highest BCUT2D eigenvalue weighted by atomic mass is 14.9. The van der Waals surface area contributed by atoms with Crippen molar-refractivity contribution in [3.8, 4) is 6.07 Å². The van der Waals surface area contributed by atoms with E-state index in [1.54, 1.807) is 0 Å². The van der Waals surface area contributed by atoms with Gasteiger partial charge in [0.05, 0.1) is 6.07 Å². The molecular formula is C15H20N2. The van der Waals surface area contributed by atoms with E-state index in [4.69, 9.17) is 0 Å². The first-order chi connectivity index (χ1) is 8.29. The minimum absolute atomic E-state index is 0.0296. The van der Waals surface area contributed by atoms with E-state index in [1.807, 2.05) is 0 Å². The Balaban J connectivity index is 1.99. The SMILES string of the molecule is Cc1ccc(NC(C#N)C2CCCCC2)cc1. The summed E-state index contributed by atoms with van der Waals surface area (Å²) >= 11 is 0. The summed E-state index contributed by atoms with van der Waals surface area (Å²) in [5, 5.41) is 12.6. The van der Waals surface area contributed by atoms with Crippen LogP contribution < -0.4 is 5.32 Å². The van der Waals surface area contributed by atoms with Gasteiger partial charge < -0.3 is 5.32 Å². The number of hydrogen-bond donors (Lipinski definition) is 1. The molecule has 1 atom stereocenters. The molecule has 2 heteroatoms. The second kappa shape index (κ2) is 5.72. The lowest BCUT2D eigenvalue weighted by atomic mass is 9.84. The van der Waals surface area contributed by atoms with E-state index in [0.717, 1.165) is 5.69 Å². The van der Waals surface area contributed by atoms with Crippen LogP contribution in [0.3, 0.4) is 0 Å². The zero-order valence-electron chi connectivity index (χ0n) is 10.4. The Hall–Kier alpha value is -1.49. The zero-order chi connectivity index (χ0) is 12.1. The molecule has 1 saturated carbocycles. The monoisotopic (exact) mass is 228 g/mol. The van der Waals surface area contributed by atoms with Crippen LogP contribution in [0.4, 0.5) is 5.69 Å². The maximum absolute atomic E-state index is 9.28. The van der Waals surface area contributed by atoms with Crippen LogP contribution in [-0.2, 0) is 0 Å². The summed E-state index contributed by atoms with van der Waals surface area (Å²) < 4.78 is 0. The number of anilines is 1. The van der Waals surface area contributed by atoms with Crippen LogP contribution in [-0.4, -0.2) is 6.04 Å². The van der Waals surface area contributed by atoms with E-state index in [0.29, 0.717) is 5.92 Å². The predicted molar refractivity (Wildman–Crippen MR) is 70.8 cm³/mol. The lowest BCUT2D eigenvalue weighted by Gasteiger charge is -2.27. The molecule has 1 aromatic carbocycles. The highest BCUT2D eigenvalue weighted by Gasteiger charge is 2.23. The predicted octanol–water partition coefficient (Wildman–Crippen LogP) is 3.88. The third-order valence-electron chi connectivity index (χ3n) is 3.63. The van der Waals surface area contributed by atoms with E-state index in [9.17, 15) is 5.26 Å². The van der Waals surface area contributed by atoms with Gasteiger partial charge in [0.25, 0.3) is 0 Å². The van der Waals surface area contributed by atoms with Gasteiger partial charge in [-0.2, -0.15) is 5.26 Å². The van der Waals surface area contributed by atoms with Gasteiger partial charge in [-0.05, 0) is 37.8 Å². The Morgan fingerprint density at radius 2 is 1.82 bits per heavy atom. The summed E-state index contributed by atoms with van der Waals surface area (Å²) in [6.45, 7) is 2.08. The van der Waals surface area contributed by atoms with E-state index >= 15 is 0 Å². The normalized spacial score (nSPS) is 18.4. The average Bonchev–Trinajstić information content (AvgIpc) is 2.39. The maximum Gasteiger partial charge on any atom is 0.117 e. The van der Waals surface area contributed by atoms with Gasteiger partial charge in [0.1, 0.15) is 6.04 Å². The number of hydrogen-bond acceptors (Lipinski definition) is 2. The van der Waals surface area contributed by atoms with Gasteiger partial charge >= 0.3 is 0 Å². The lowest BCUT2D eigenvalue weighted by molar-refractivity contribution is 0.346. The fourth-order valence-corrected chi connectivity index (χ4v) is 2.55. The molecule has 0 heterocycles. The zero-order valence-corrected chi connectivity index (χ0v) is 10.4. The quantitative estimate of drug-likeness (QED) is 0.852. The van der Waals surface area contributed by atoms with Crippen LogP contribution in [0.2, 0.25) is 0 Å². The van der Waals surface area contributed by atoms with Crippen molar-refractivity contribution in [2.75, 3.05) is 5.32 Å². The molecule has 0 aromatic heterocycles. The first-order valence-electron chi connectivity index (χ1n) is 6.52. The van der Waals surface area contributed by atoms with E-state index in [2.05, 4.69) is 42.6 Å².